The van der Waals surface area contributed by atoms with Gasteiger partial charge in [-0.1, -0.05) is 24.3 Å². The van der Waals surface area contributed by atoms with Crippen molar-refractivity contribution >= 4 is 0 Å². The van der Waals surface area contributed by atoms with E-state index in [9.17, 15) is 5.11 Å². The minimum atomic E-state index is 0.247. The Hall–Kier alpha value is -1.65. The van der Waals surface area contributed by atoms with E-state index in [-0.39, 0.29) is 6.61 Å². The minimum absolute atomic E-state index is 0.247. The number of hydrogen-bond donors (Lipinski definition) is 1. The molecule has 0 saturated heterocycles. The molecule has 4 nitrogen and oxygen atoms in total. The molecule has 1 unspecified atom stereocenters. The molecule has 0 saturated carbocycles. The van der Waals surface area contributed by atoms with Gasteiger partial charge in [-0.05, 0) is 37.3 Å². The molecule has 2 aromatic rings. The maximum absolute atomic E-state index is 9.23. The van der Waals surface area contributed by atoms with Gasteiger partial charge in [0, 0.05) is 44.5 Å². The number of nitrogens with zero attached hydrogens (tertiary/aromatic N) is 3. The highest BCUT2D eigenvalue weighted by Crippen LogP contribution is 2.36. The van der Waals surface area contributed by atoms with Gasteiger partial charge in [0.25, 0.3) is 0 Å². The number of benzene rings is 1. The van der Waals surface area contributed by atoms with E-state index in [4.69, 9.17) is 0 Å². The predicted octanol–water partition coefficient (Wildman–Crippen LogP) is 2.60. The molecule has 1 aliphatic carbocycles. The minimum Gasteiger partial charge on any atom is -0.396 e. The van der Waals surface area contributed by atoms with Crippen molar-refractivity contribution in [2.24, 2.45) is 7.05 Å². The lowest BCUT2D eigenvalue weighted by molar-refractivity contribution is 0.165. The van der Waals surface area contributed by atoms with Crippen molar-refractivity contribution in [3.05, 3.63) is 52.8 Å². The van der Waals surface area contributed by atoms with Gasteiger partial charge in [-0.2, -0.15) is 5.10 Å². The fraction of sp³-hybridized carbons (Fsp3) is 0.500. The number of aromatic nitrogens is 2. The van der Waals surface area contributed by atoms with E-state index in [1.54, 1.807) is 0 Å². The summed E-state index contributed by atoms with van der Waals surface area (Å²) < 4.78 is 1.89. The Morgan fingerprint density at radius 1 is 1.36 bits per heavy atom. The monoisotopic (exact) mass is 299 g/mol. The Kier molecular flexibility index (Phi) is 4.60. The summed E-state index contributed by atoms with van der Waals surface area (Å²) in [4.78, 5) is 2.51. The standard InChI is InChI=1S/C18H25N3O/c1-14-16(12-20(2)19-14)13-21(10-5-11-22)18-9-8-15-6-3-4-7-17(15)18/h3-4,6-7,12,18,22H,5,8-11,13H2,1-2H3. The molecule has 1 aromatic carbocycles. The third kappa shape index (κ3) is 3.08. The first-order valence-corrected chi connectivity index (χ1v) is 8.11. The number of fused-ring (bicyclic) bond motifs is 1. The second-order valence-corrected chi connectivity index (χ2v) is 6.21. The van der Waals surface area contributed by atoms with Gasteiger partial charge in [0.2, 0.25) is 0 Å². The van der Waals surface area contributed by atoms with Gasteiger partial charge in [0.1, 0.15) is 0 Å². The van der Waals surface area contributed by atoms with E-state index in [2.05, 4.69) is 47.4 Å². The third-order valence-electron chi connectivity index (χ3n) is 4.63. The van der Waals surface area contributed by atoms with Crippen LogP contribution in [-0.4, -0.2) is 32.9 Å². The number of rotatable bonds is 6. The smallest absolute Gasteiger partial charge is 0.0638 e. The molecule has 1 atom stereocenters. The molecule has 0 amide bonds. The van der Waals surface area contributed by atoms with Gasteiger partial charge in [-0.25, -0.2) is 0 Å². The van der Waals surface area contributed by atoms with E-state index >= 15 is 0 Å². The summed E-state index contributed by atoms with van der Waals surface area (Å²) in [7, 11) is 1.97. The van der Waals surface area contributed by atoms with Gasteiger partial charge >= 0.3 is 0 Å². The Labute approximate surface area is 132 Å². The molecule has 1 aliphatic rings. The molecule has 4 heteroatoms. The maximum atomic E-state index is 9.23. The van der Waals surface area contributed by atoms with Gasteiger partial charge in [-0.3, -0.25) is 9.58 Å². The summed E-state index contributed by atoms with van der Waals surface area (Å²) in [5, 5.41) is 13.7. The summed E-state index contributed by atoms with van der Waals surface area (Å²) in [5.74, 6) is 0. The first-order valence-electron chi connectivity index (χ1n) is 8.11. The van der Waals surface area contributed by atoms with E-state index in [0.717, 1.165) is 31.6 Å². The molecule has 22 heavy (non-hydrogen) atoms. The topological polar surface area (TPSA) is 41.3 Å². The molecule has 1 N–H and O–H groups in total. The summed E-state index contributed by atoms with van der Waals surface area (Å²) in [6.45, 7) is 4.14. The van der Waals surface area contributed by atoms with Crippen LogP contribution in [0, 0.1) is 6.92 Å². The van der Waals surface area contributed by atoms with Crippen molar-refractivity contribution in [3.63, 3.8) is 0 Å². The molecule has 0 spiro atoms. The maximum Gasteiger partial charge on any atom is 0.0638 e. The van der Waals surface area contributed by atoms with Gasteiger partial charge in [0.15, 0.2) is 0 Å². The van der Waals surface area contributed by atoms with Gasteiger partial charge < -0.3 is 5.11 Å². The van der Waals surface area contributed by atoms with Crippen LogP contribution in [0.1, 0.15) is 41.3 Å². The summed E-state index contributed by atoms with van der Waals surface area (Å²) in [5.41, 5.74) is 5.32. The van der Waals surface area contributed by atoms with E-state index < -0.39 is 0 Å². The highest BCUT2D eigenvalue weighted by molar-refractivity contribution is 5.34. The zero-order valence-corrected chi connectivity index (χ0v) is 13.5. The largest absolute Gasteiger partial charge is 0.396 e. The Balaban J connectivity index is 1.83. The van der Waals surface area contributed by atoms with Crippen molar-refractivity contribution in [2.45, 2.75) is 38.8 Å². The first-order chi connectivity index (χ1) is 10.7. The first kappa shape index (κ1) is 15.3. The average Bonchev–Trinajstić information content (AvgIpc) is 3.07. The van der Waals surface area contributed by atoms with E-state index in [0.29, 0.717) is 6.04 Å². The fourth-order valence-electron chi connectivity index (χ4n) is 3.56. The lowest BCUT2D eigenvalue weighted by atomic mass is 10.1. The van der Waals surface area contributed by atoms with Crippen molar-refractivity contribution in [1.82, 2.24) is 14.7 Å². The average molecular weight is 299 g/mol. The number of aliphatic hydroxyl groups excluding tert-OH is 1. The molecular weight excluding hydrogens is 274 g/mol. The molecule has 0 radical (unpaired) electrons. The van der Waals surface area contributed by atoms with Crippen LogP contribution in [0.4, 0.5) is 0 Å². The zero-order valence-electron chi connectivity index (χ0n) is 13.5. The molecule has 0 bridgehead atoms. The molecule has 3 rings (SSSR count). The van der Waals surface area contributed by atoms with Crippen LogP contribution in [-0.2, 0) is 20.0 Å². The Morgan fingerprint density at radius 2 is 2.18 bits per heavy atom. The molecular formula is C18H25N3O. The van der Waals surface area contributed by atoms with Crippen LogP contribution in [0.25, 0.3) is 0 Å². The molecule has 1 aromatic heterocycles. The molecule has 1 heterocycles. The van der Waals surface area contributed by atoms with Gasteiger partial charge in [-0.15, -0.1) is 0 Å². The second kappa shape index (κ2) is 6.63. The number of aryl methyl sites for hydroxylation is 3. The summed E-state index contributed by atoms with van der Waals surface area (Å²) in [6.07, 6.45) is 5.26. The van der Waals surface area contributed by atoms with Crippen molar-refractivity contribution in [3.8, 4) is 0 Å². The van der Waals surface area contributed by atoms with E-state index in [1.165, 1.54) is 23.1 Å². The lowest BCUT2D eigenvalue weighted by Crippen LogP contribution is -2.29. The van der Waals surface area contributed by atoms with Crippen LogP contribution in [0.15, 0.2) is 30.5 Å². The quantitative estimate of drug-likeness (QED) is 0.891. The predicted molar refractivity (Wildman–Crippen MR) is 87.6 cm³/mol. The van der Waals surface area contributed by atoms with Crippen LogP contribution in [0.2, 0.25) is 0 Å². The molecule has 118 valence electrons. The Bertz CT molecular complexity index is 635. The van der Waals surface area contributed by atoms with Crippen molar-refractivity contribution in [1.29, 1.82) is 0 Å². The zero-order chi connectivity index (χ0) is 15.5. The fourth-order valence-corrected chi connectivity index (χ4v) is 3.56. The third-order valence-corrected chi connectivity index (χ3v) is 4.63. The van der Waals surface area contributed by atoms with Crippen molar-refractivity contribution in [2.75, 3.05) is 13.2 Å². The van der Waals surface area contributed by atoms with Crippen LogP contribution in [0.3, 0.4) is 0 Å². The van der Waals surface area contributed by atoms with Gasteiger partial charge in [0.05, 0.1) is 5.69 Å². The second-order valence-electron chi connectivity index (χ2n) is 6.21. The summed E-state index contributed by atoms with van der Waals surface area (Å²) in [6, 6.07) is 9.23. The SMILES string of the molecule is Cc1nn(C)cc1CN(CCCO)C1CCc2ccccc21. The highest BCUT2D eigenvalue weighted by Gasteiger charge is 2.27. The van der Waals surface area contributed by atoms with E-state index in [1.807, 2.05) is 11.7 Å². The van der Waals surface area contributed by atoms with Crippen LogP contribution < -0.4 is 0 Å². The number of hydrogen-bond acceptors (Lipinski definition) is 3. The Morgan fingerprint density at radius 3 is 2.91 bits per heavy atom. The molecule has 0 fully saturated rings. The normalized spacial score (nSPS) is 17.2. The highest BCUT2D eigenvalue weighted by atomic mass is 16.3. The number of aliphatic hydroxyl groups is 1. The van der Waals surface area contributed by atoms with Crippen LogP contribution >= 0.6 is 0 Å². The molecule has 0 aliphatic heterocycles. The van der Waals surface area contributed by atoms with Crippen LogP contribution in [0.5, 0.6) is 0 Å². The summed E-state index contributed by atoms with van der Waals surface area (Å²) >= 11 is 0. The lowest BCUT2D eigenvalue weighted by Gasteiger charge is -2.29. The van der Waals surface area contributed by atoms with Crippen molar-refractivity contribution < 1.29 is 5.11 Å².